The summed E-state index contributed by atoms with van der Waals surface area (Å²) in [6, 6.07) is 0. The SMILES string of the molecule is CC(C)C(Cl)CCCc1cncs1. The van der Waals surface area contributed by atoms with E-state index < -0.39 is 0 Å². The van der Waals surface area contributed by atoms with Crippen LogP contribution in [-0.4, -0.2) is 10.4 Å². The Hall–Kier alpha value is -0.0800. The maximum absolute atomic E-state index is 6.14. The molecular formula is C10H16ClNS. The summed E-state index contributed by atoms with van der Waals surface area (Å²) in [5.41, 5.74) is 1.88. The largest absolute Gasteiger partial charge is 0.253 e. The molecule has 1 rings (SSSR count). The molecule has 0 aliphatic rings. The number of hydrogen-bond acceptors (Lipinski definition) is 2. The highest BCUT2D eigenvalue weighted by molar-refractivity contribution is 7.09. The highest BCUT2D eigenvalue weighted by atomic mass is 35.5. The monoisotopic (exact) mass is 217 g/mol. The molecule has 13 heavy (non-hydrogen) atoms. The number of rotatable bonds is 5. The van der Waals surface area contributed by atoms with Gasteiger partial charge in [-0.05, 0) is 25.2 Å². The Morgan fingerprint density at radius 2 is 2.31 bits per heavy atom. The van der Waals surface area contributed by atoms with E-state index in [1.165, 1.54) is 11.3 Å². The van der Waals surface area contributed by atoms with Gasteiger partial charge in [-0.2, -0.15) is 0 Å². The zero-order chi connectivity index (χ0) is 9.68. The third kappa shape index (κ3) is 4.10. The molecule has 0 saturated carbocycles. The molecule has 0 bridgehead atoms. The normalized spacial score (nSPS) is 13.5. The van der Waals surface area contributed by atoms with Crippen molar-refractivity contribution in [2.24, 2.45) is 5.92 Å². The first-order valence-electron chi connectivity index (χ1n) is 4.71. The molecule has 0 amide bonds. The smallest absolute Gasteiger partial charge is 0.0794 e. The Morgan fingerprint density at radius 3 is 2.85 bits per heavy atom. The Morgan fingerprint density at radius 1 is 1.54 bits per heavy atom. The Kier molecular flexibility index (Phi) is 4.74. The highest BCUT2D eigenvalue weighted by Gasteiger charge is 2.08. The molecule has 1 nitrogen and oxygen atoms in total. The molecule has 1 unspecified atom stereocenters. The zero-order valence-corrected chi connectivity index (χ0v) is 9.74. The van der Waals surface area contributed by atoms with E-state index in [2.05, 4.69) is 18.8 Å². The third-order valence-electron chi connectivity index (χ3n) is 2.11. The van der Waals surface area contributed by atoms with Gasteiger partial charge in [-0.25, -0.2) is 0 Å². The first-order chi connectivity index (χ1) is 6.20. The van der Waals surface area contributed by atoms with Crippen molar-refractivity contribution < 1.29 is 0 Å². The van der Waals surface area contributed by atoms with Crippen molar-refractivity contribution in [1.82, 2.24) is 4.98 Å². The summed E-state index contributed by atoms with van der Waals surface area (Å²) in [7, 11) is 0. The van der Waals surface area contributed by atoms with Crippen molar-refractivity contribution in [2.75, 3.05) is 0 Å². The highest BCUT2D eigenvalue weighted by Crippen LogP contribution is 2.18. The number of aryl methyl sites for hydroxylation is 1. The number of nitrogens with zero attached hydrogens (tertiary/aromatic N) is 1. The summed E-state index contributed by atoms with van der Waals surface area (Å²) in [6.45, 7) is 4.34. The van der Waals surface area contributed by atoms with Crippen molar-refractivity contribution in [3.8, 4) is 0 Å². The van der Waals surface area contributed by atoms with Crippen LogP contribution in [0.1, 0.15) is 31.6 Å². The van der Waals surface area contributed by atoms with Crippen LogP contribution in [0.25, 0.3) is 0 Å². The minimum Gasteiger partial charge on any atom is -0.253 e. The lowest BCUT2D eigenvalue weighted by molar-refractivity contribution is 0.548. The minimum atomic E-state index is 0.327. The molecule has 1 atom stereocenters. The lowest BCUT2D eigenvalue weighted by Gasteiger charge is -2.11. The van der Waals surface area contributed by atoms with Gasteiger partial charge in [-0.15, -0.1) is 22.9 Å². The molecule has 0 radical (unpaired) electrons. The molecule has 74 valence electrons. The van der Waals surface area contributed by atoms with Gasteiger partial charge in [-0.1, -0.05) is 13.8 Å². The standard InChI is InChI=1S/C10H16ClNS/c1-8(2)10(11)5-3-4-9-6-12-7-13-9/h6-8,10H,3-5H2,1-2H3. The van der Waals surface area contributed by atoms with Gasteiger partial charge in [-0.3, -0.25) is 4.98 Å². The second-order valence-corrected chi connectivity index (χ2v) is 5.15. The number of thiazole rings is 1. The second-order valence-electron chi connectivity index (χ2n) is 3.62. The molecule has 0 spiro atoms. The lowest BCUT2D eigenvalue weighted by atomic mass is 10.0. The van der Waals surface area contributed by atoms with E-state index in [0.717, 1.165) is 12.8 Å². The van der Waals surface area contributed by atoms with Crippen molar-refractivity contribution in [3.63, 3.8) is 0 Å². The van der Waals surface area contributed by atoms with Crippen LogP contribution in [0.15, 0.2) is 11.7 Å². The number of aromatic nitrogens is 1. The quantitative estimate of drug-likeness (QED) is 0.685. The summed E-state index contributed by atoms with van der Waals surface area (Å²) < 4.78 is 0. The number of hydrogen-bond donors (Lipinski definition) is 0. The van der Waals surface area contributed by atoms with Crippen LogP contribution >= 0.6 is 22.9 Å². The van der Waals surface area contributed by atoms with Gasteiger partial charge in [0.05, 0.1) is 5.51 Å². The van der Waals surface area contributed by atoms with Crippen LogP contribution < -0.4 is 0 Å². The fraction of sp³-hybridized carbons (Fsp3) is 0.700. The van der Waals surface area contributed by atoms with Crippen LogP contribution in [-0.2, 0) is 6.42 Å². The van der Waals surface area contributed by atoms with Crippen LogP contribution in [0.2, 0.25) is 0 Å². The van der Waals surface area contributed by atoms with E-state index in [-0.39, 0.29) is 0 Å². The van der Waals surface area contributed by atoms with Gasteiger partial charge < -0.3 is 0 Å². The van der Waals surface area contributed by atoms with Crippen LogP contribution in [0, 0.1) is 5.92 Å². The second kappa shape index (κ2) is 5.61. The van der Waals surface area contributed by atoms with Gasteiger partial charge in [0.2, 0.25) is 0 Å². The van der Waals surface area contributed by atoms with Gasteiger partial charge in [0.1, 0.15) is 0 Å². The fourth-order valence-electron chi connectivity index (χ4n) is 1.17. The van der Waals surface area contributed by atoms with Crippen molar-refractivity contribution in [2.45, 2.75) is 38.5 Å². The predicted molar refractivity (Wildman–Crippen MR) is 59.5 cm³/mol. The fourth-order valence-corrected chi connectivity index (χ4v) is 1.97. The molecule has 3 heteroatoms. The number of halogens is 1. The average molecular weight is 218 g/mol. The van der Waals surface area contributed by atoms with E-state index in [4.69, 9.17) is 11.6 Å². The summed E-state index contributed by atoms with van der Waals surface area (Å²) in [5.74, 6) is 0.586. The average Bonchev–Trinajstić information content (AvgIpc) is 2.56. The summed E-state index contributed by atoms with van der Waals surface area (Å²) in [4.78, 5) is 5.41. The first kappa shape index (κ1) is 11.0. The summed E-state index contributed by atoms with van der Waals surface area (Å²) >= 11 is 7.87. The van der Waals surface area contributed by atoms with E-state index >= 15 is 0 Å². The zero-order valence-electron chi connectivity index (χ0n) is 8.16. The lowest BCUT2D eigenvalue weighted by Crippen LogP contribution is -2.07. The molecule has 0 N–H and O–H groups in total. The van der Waals surface area contributed by atoms with Crippen molar-refractivity contribution in [3.05, 3.63) is 16.6 Å². The van der Waals surface area contributed by atoms with E-state index in [0.29, 0.717) is 11.3 Å². The summed E-state index contributed by atoms with van der Waals surface area (Å²) in [6.07, 6.45) is 5.36. The van der Waals surface area contributed by atoms with Gasteiger partial charge >= 0.3 is 0 Å². The summed E-state index contributed by atoms with van der Waals surface area (Å²) in [5, 5.41) is 0.327. The van der Waals surface area contributed by atoms with E-state index in [9.17, 15) is 0 Å². The minimum absolute atomic E-state index is 0.327. The topological polar surface area (TPSA) is 12.9 Å². The first-order valence-corrected chi connectivity index (χ1v) is 6.03. The molecule has 1 aromatic rings. The Bertz CT molecular complexity index is 221. The Labute approximate surface area is 89.1 Å². The molecular weight excluding hydrogens is 202 g/mol. The maximum atomic E-state index is 6.14. The van der Waals surface area contributed by atoms with Crippen LogP contribution in [0.3, 0.4) is 0 Å². The van der Waals surface area contributed by atoms with Crippen molar-refractivity contribution in [1.29, 1.82) is 0 Å². The van der Waals surface area contributed by atoms with E-state index in [1.807, 2.05) is 11.7 Å². The maximum Gasteiger partial charge on any atom is 0.0794 e. The molecule has 0 aliphatic carbocycles. The van der Waals surface area contributed by atoms with Gasteiger partial charge in [0.25, 0.3) is 0 Å². The van der Waals surface area contributed by atoms with Crippen LogP contribution in [0.5, 0.6) is 0 Å². The predicted octanol–water partition coefficient (Wildman–Crippen LogP) is 3.73. The van der Waals surface area contributed by atoms with Gasteiger partial charge in [0.15, 0.2) is 0 Å². The third-order valence-corrected chi connectivity index (χ3v) is 3.67. The van der Waals surface area contributed by atoms with E-state index in [1.54, 1.807) is 11.3 Å². The van der Waals surface area contributed by atoms with Crippen molar-refractivity contribution >= 4 is 22.9 Å². The molecule has 1 heterocycles. The molecule has 0 aliphatic heterocycles. The Balaban J connectivity index is 2.14. The molecule has 0 aromatic carbocycles. The molecule has 0 saturated heterocycles. The van der Waals surface area contributed by atoms with Crippen LogP contribution in [0.4, 0.5) is 0 Å². The molecule has 0 fully saturated rings. The number of alkyl halides is 1. The van der Waals surface area contributed by atoms with Gasteiger partial charge in [0, 0.05) is 16.5 Å². The molecule has 1 aromatic heterocycles.